The fourth-order valence-electron chi connectivity index (χ4n) is 3.65. The maximum atomic E-state index is 13.0. The van der Waals surface area contributed by atoms with Gasteiger partial charge in [-0.3, -0.25) is 4.79 Å². The normalized spacial score (nSPS) is 12.4. The zero-order chi connectivity index (χ0) is 23.0. The van der Waals surface area contributed by atoms with Gasteiger partial charge in [-0.25, -0.2) is 0 Å². The molecule has 0 unspecified atom stereocenters. The molecule has 33 heavy (non-hydrogen) atoms. The second kappa shape index (κ2) is 11.0. The average Bonchev–Trinajstić information content (AvgIpc) is 3.22. The van der Waals surface area contributed by atoms with Gasteiger partial charge in [0.25, 0.3) is 0 Å². The highest BCUT2D eigenvalue weighted by molar-refractivity contribution is 7.99. The Morgan fingerprint density at radius 1 is 1.12 bits per heavy atom. The smallest absolute Gasteiger partial charge is 0.233 e. The summed E-state index contributed by atoms with van der Waals surface area (Å²) in [6, 6.07) is 16.0. The Labute approximate surface area is 198 Å². The van der Waals surface area contributed by atoms with Crippen molar-refractivity contribution in [3.8, 4) is 11.5 Å². The zero-order valence-corrected chi connectivity index (χ0v) is 19.6. The summed E-state index contributed by atoms with van der Waals surface area (Å²) in [7, 11) is 0. The van der Waals surface area contributed by atoms with Crippen LogP contribution in [0.25, 0.3) is 0 Å². The standard InChI is InChI=1S/C25H28N4O3S/c1-3-12-29-23(16-19-8-6-5-7-9-19)26-27-25(29)33-18-24(30)28(4-2)17-20-10-11-21-22(15-20)32-14-13-31-21/h3,5-11,15H,1,4,12-14,16-18H2,2H3. The van der Waals surface area contributed by atoms with Gasteiger partial charge >= 0.3 is 0 Å². The van der Waals surface area contributed by atoms with E-state index in [9.17, 15) is 4.79 Å². The van der Waals surface area contributed by atoms with Crippen LogP contribution in [-0.2, 0) is 24.3 Å². The molecule has 0 spiro atoms. The molecule has 0 aliphatic carbocycles. The second-order valence-electron chi connectivity index (χ2n) is 7.64. The van der Waals surface area contributed by atoms with Crippen LogP contribution in [0.4, 0.5) is 0 Å². The van der Waals surface area contributed by atoms with E-state index in [1.54, 1.807) is 0 Å². The second-order valence-corrected chi connectivity index (χ2v) is 8.58. The van der Waals surface area contributed by atoms with E-state index in [2.05, 4.69) is 28.9 Å². The van der Waals surface area contributed by atoms with Crippen LogP contribution in [0.2, 0.25) is 0 Å². The van der Waals surface area contributed by atoms with Gasteiger partial charge in [0, 0.05) is 26.1 Å². The van der Waals surface area contributed by atoms with E-state index in [1.165, 1.54) is 17.3 Å². The van der Waals surface area contributed by atoms with Gasteiger partial charge < -0.3 is 18.9 Å². The van der Waals surface area contributed by atoms with Gasteiger partial charge in [0.1, 0.15) is 19.0 Å². The van der Waals surface area contributed by atoms with Crippen molar-refractivity contribution in [3.05, 3.63) is 78.1 Å². The minimum absolute atomic E-state index is 0.0511. The molecule has 3 aromatic rings. The summed E-state index contributed by atoms with van der Waals surface area (Å²) >= 11 is 1.41. The molecule has 1 aliphatic rings. The Morgan fingerprint density at radius 2 is 1.91 bits per heavy atom. The predicted octanol–water partition coefficient (Wildman–Crippen LogP) is 3.97. The molecule has 0 fully saturated rings. The number of allylic oxidation sites excluding steroid dienone is 1. The van der Waals surface area contributed by atoms with Crippen LogP contribution < -0.4 is 9.47 Å². The number of benzene rings is 2. The van der Waals surface area contributed by atoms with Crippen LogP contribution in [0.15, 0.2) is 66.3 Å². The molecule has 0 atom stereocenters. The first-order valence-corrected chi connectivity index (χ1v) is 12.0. The van der Waals surface area contributed by atoms with Crippen molar-refractivity contribution in [1.82, 2.24) is 19.7 Å². The third kappa shape index (κ3) is 5.76. The first kappa shape index (κ1) is 22.9. The highest BCUT2D eigenvalue weighted by atomic mass is 32.2. The van der Waals surface area contributed by atoms with Crippen LogP contribution in [0.1, 0.15) is 23.9 Å². The number of amides is 1. The molecule has 0 radical (unpaired) electrons. The molecule has 8 heteroatoms. The van der Waals surface area contributed by atoms with Gasteiger partial charge in [-0.15, -0.1) is 16.8 Å². The molecule has 2 aromatic carbocycles. The number of hydrogen-bond acceptors (Lipinski definition) is 6. The van der Waals surface area contributed by atoms with Crippen molar-refractivity contribution < 1.29 is 14.3 Å². The fourth-order valence-corrected chi connectivity index (χ4v) is 4.52. The third-order valence-corrected chi connectivity index (χ3v) is 6.30. The summed E-state index contributed by atoms with van der Waals surface area (Å²) in [6.07, 6.45) is 2.51. The summed E-state index contributed by atoms with van der Waals surface area (Å²) in [5.74, 6) is 2.69. The van der Waals surface area contributed by atoms with Crippen molar-refractivity contribution in [1.29, 1.82) is 0 Å². The largest absolute Gasteiger partial charge is 0.486 e. The molecule has 0 bridgehead atoms. The van der Waals surface area contributed by atoms with Crippen molar-refractivity contribution >= 4 is 17.7 Å². The van der Waals surface area contributed by atoms with Crippen LogP contribution in [0.3, 0.4) is 0 Å². The zero-order valence-electron chi connectivity index (χ0n) is 18.8. The molecule has 172 valence electrons. The lowest BCUT2D eigenvalue weighted by Crippen LogP contribution is -2.32. The number of thioether (sulfide) groups is 1. The number of carbonyl (C=O) groups excluding carboxylic acids is 1. The van der Waals surface area contributed by atoms with E-state index in [1.807, 2.05) is 58.9 Å². The SMILES string of the molecule is C=CCn1c(Cc2ccccc2)nnc1SCC(=O)N(CC)Cc1ccc2c(c1)OCCO2. The van der Waals surface area contributed by atoms with Crippen molar-refractivity contribution in [2.75, 3.05) is 25.5 Å². The Kier molecular flexibility index (Phi) is 7.67. The molecule has 1 aliphatic heterocycles. The first-order valence-electron chi connectivity index (χ1n) is 11.0. The number of aromatic nitrogens is 3. The number of ether oxygens (including phenoxy) is 2. The first-order chi connectivity index (χ1) is 16.2. The number of hydrogen-bond donors (Lipinski definition) is 0. The summed E-state index contributed by atoms with van der Waals surface area (Å²) < 4.78 is 13.3. The molecule has 4 rings (SSSR count). The Balaban J connectivity index is 1.40. The fraction of sp³-hybridized carbons (Fsp3) is 0.320. The Bertz CT molecular complexity index is 1100. The lowest BCUT2D eigenvalue weighted by atomic mass is 10.1. The highest BCUT2D eigenvalue weighted by Crippen LogP contribution is 2.31. The molecule has 0 saturated heterocycles. The Hall–Kier alpha value is -3.26. The monoisotopic (exact) mass is 464 g/mol. The molecule has 7 nitrogen and oxygen atoms in total. The van der Waals surface area contributed by atoms with Gasteiger partial charge in [0.2, 0.25) is 5.91 Å². The van der Waals surface area contributed by atoms with E-state index in [0.717, 1.165) is 28.0 Å². The lowest BCUT2D eigenvalue weighted by molar-refractivity contribution is -0.128. The average molecular weight is 465 g/mol. The number of nitrogens with zero attached hydrogens (tertiary/aromatic N) is 4. The van der Waals surface area contributed by atoms with Gasteiger partial charge in [-0.05, 0) is 30.2 Å². The third-order valence-electron chi connectivity index (χ3n) is 5.35. The summed E-state index contributed by atoms with van der Waals surface area (Å²) in [6.45, 7) is 8.68. The molecular weight excluding hydrogens is 436 g/mol. The Morgan fingerprint density at radius 3 is 2.67 bits per heavy atom. The van der Waals surface area contributed by atoms with Crippen LogP contribution in [0.5, 0.6) is 11.5 Å². The van der Waals surface area contributed by atoms with E-state index in [4.69, 9.17) is 9.47 Å². The van der Waals surface area contributed by atoms with Gasteiger partial charge in [0.05, 0.1) is 5.75 Å². The number of rotatable bonds is 10. The summed E-state index contributed by atoms with van der Waals surface area (Å²) in [5, 5.41) is 9.45. The van der Waals surface area contributed by atoms with E-state index >= 15 is 0 Å². The van der Waals surface area contributed by atoms with Gasteiger partial charge in [-0.1, -0.05) is 54.2 Å². The molecule has 1 amide bonds. The number of fused-ring (bicyclic) bond motifs is 1. The van der Waals surface area contributed by atoms with E-state index < -0.39 is 0 Å². The predicted molar refractivity (Wildman–Crippen MR) is 129 cm³/mol. The van der Waals surface area contributed by atoms with E-state index in [0.29, 0.717) is 45.0 Å². The van der Waals surface area contributed by atoms with Crippen LogP contribution in [0, 0.1) is 0 Å². The topological polar surface area (TPSA) is 69.5 Å². The minimum Gasteiger partial charge on any atom is -0.486 e. The molecular formula is C25H28N4O3S. The quantitative estimate of drug-likeness (QED) is 0.334. The molecule has 1 aromatic heterocycles. The summed E-state index contributed by atoms with van der Waals surface area (Å²) in [5.41, 5.74) is 2.18. The van der Waals surface area contributed by atoms with Crippen molar-refractivity contribution in [3.63, 3.8) is 0 Å². The highest BCUT2D eigenvalue weighted by Gasteiger charge is 2.18. The summed E-state index contributed by atoms with van der Waals surface area (Å²) in [4.78, 5) is 14.8. The molecule has 2 heterocycles. The lowest BCUT2D eigenvalue weighted by Gasteiger charge is -2.23. The van der Waals surface area contributed by atoms with Gasteiger partial charge in [0.15, 0.2) is 16.7 Å². The maximum Gasteiger partial charge on any atom is 0.233 e. The van der Waals surface area contributed by atoms with Crippen LogP contribution in [-0.4, -0.2) is 51.1 Å². The number of carbonyl (C=O) groups is 1. The maximum absolute atomic E-state index is 13.0. The minimum atomic E-state index is 0.0511. The van der Waals surface area contributed by atoms with Crippen molar-refractivity contribution in [2.24, 2.45) is 0 Å². The van der Waals surface area contributed by atoms with Crippen molar-refractivity contribution in [2.45, 2.75) is 31.6 Å². The van der Waals surface area contributed by atoms with Crippen LogP contribution >= 0.6 is 11.8 Å². The molecule has 0 saturated carbocycles. The van der Waals surface area contributed by atoms with Gasteiger partial charge in [-0.2, -0.15) is 0 Å². The van der Waals surface area contributed by atoms with E-state index in [-0.39, 0.29) is 5.91 Å². The molecule has 0 N–H and O–H groups in total.